The summed E-state index contributed by atoms with van der Waals surface area (Å²) in [7, 11) is 0. The predicted molar refractivity (Wildman–Crippen MR) is 111 cm³/mol. The Morgan fingerprint density at radius 2 is 1.72 bits per heavy atom. The van der Waals surface area contributed by atoms with Gasteiger partial charge in [-0.3, -0.25) is 14.9 Å². The minimum Gasteiger partial charge on any atom is -0.453 e. The fraction of sp³-hybridized carbons (Fsp3) is 0.350. The number of benzene rings is 1. The van der Waals surface area contributed by atoms with Gasteiger partial charge in [0.15, 0.2) is 11.3 Å². The summed E-state index contributed by atoms with van der Waals surface area (Å²) in [6.45, 7) is 5.16. The van der Waals surface area contributed by atoms with E-state index >= 15 is 0 Å². The normalized spacial score (nSPS) is 11.4. The molecule has 0 fully saturated rings. The van der Waals surface area contributed by atoms with Crippen LogP contribution in [-0.4, -0.2) is 40.2 Å². The van der Waals surface area contributed by atoms with Gasteiger partial charge in [0.2, 0.25) is 0 Å². The number of esters is 1. The Morgan fingerprint density at radius 1 is 1.10 bits per heavy atom. The summed E-state index contributed by atoms with van der Waals surface area (Å²) in [5, 5.41) is 5.36. The zero-order chi connectivity index (χ0) is 21.4. The molecule has 8 nitrogen and oxygen atoms in total. The fourth-order valence-electron chi connectivity index (χ4n) is 2.60. The SMILES string of the molecule is CSc1nc(C)c(CCC(=O)OC(C)C(=O)NC(=O)Nc2ccccc2)c(C)n1. The number of carbonyl (C=O) groups is 3. The number of nitrogens with zero attached hydrogens (tertiary/aromatic N) is 2. The van der Waals surface area contributed by atoms with Crippen molar-refractivity contribution in [3.8, 4) is 0 Å². The number of thioether (sulfide) groups is 1. The van der Waals surface area contributed by atoms with Gasteiger partial charge in [0.05, 0.1) is 0 Å². The molecule has 0 saturated carbocycles. The Labute approximate surface area is 173 Å². The monoisotopic (exact) mass is 416 g/mol. The third-order valence-corrected chi connectivity index (χ3v) is 4.66. The fourth-order valence-corrected chi connectivity index (χ4v) is 3.05. The van der Waals surface area contributed by atoms with E-state index in [1.54, 1.807) is 24.3 Å². The average molecular weight is 417 g/mol. The first kappa shape index (κ1) is 22.4. The zero-order valence-electron chi connectivity index (χ0n) is 16.8. The number of anilines is 1. The Morgan fingerprint density at radius 3 is 2.31 bits per heavy atom. The van der Waals surface area contributed by atoms with Crippen LogP contribution >= 0.6 is 11.8 Å². The van der Waals surface area contributed by atoms with Gasteiger partial charge >= 0.3 is 12.0 Å². The summed E-state index contributed by atoms with van der Waals surface area (Å²) < 4.78 is 5.13. The van der Waals surface area contributed by atoms with Crippen LogP contribution in [0.25, 0.3) is 0 Å². The standard InChI is InChI=1S/C20H24N4O4S/c1-12-16(13(2)22-20(21-12)29-4)10-11-17(25)28-14(3)18(26)24-19(27)23-15-8-6-5-7-9-15/h5-9,14H,10-11H2,1-4H3,(H2,23,24,26,27). The molecule has 29 heavy (non-hydrogen) atoms. The number of hydrogen-bond acceptors (Lipinski definition) is 7. The first-order valence-corrected chi connectivity index (χ1v) is 10.3. The number of amides is 3. The molecule has 1 unspecified atom stereocenters. The second kappa shape index (κ2) is 10.6. The van der Waals surface area contributed by atoms with Crippen molar-refractivity contribution in [3.05, 3.63) is 47.3 Å². The molecule has 1 aromatic heterocycles. The van der Waals surface area contributed by atoms with Crippen LogP contribution in [0.3, 0.4) is 0 Å². The molecule has 0 aliphatic rings. The van der Waals surface area contributed by atoms with Crippen LogP contribution < -0.4 is 10.6 Å². The van der Waals surface area contributed by atoms with Crippen molar-refractivity contribution in [2.24, 2.45) is 0 Å². The molecular weight excluding hydrogens is 392 g/mol. The van der Waals surface area contributed by atoms with E-state index in [0.717, 1.165) is 17.0 Å². The second-order valence-corrected chi connectivity index (χ2v) is 7.07. The third kappa shape index (κ3) is 6.86. The van der Waals surface area contributed by atoms with Gasteiger partial charge < -0.3 is 10.1 Å². The van der Waals surface area contributed by atoms with Crippen LogP contribution in [0.2, 0.25) is 0 Å². The lowest BCUT2D eigenvalue weighted by molar-refractivity contribution is -0.154. The Kier molecular flexibility index (Phi) is 8.14. The van der Waals surface area contributed by atoms with Gasteiger partial charge in [0.1, 0.15) is 0 Å². The Hall–Kier alpha value is -2.94. The summed E-state index contributed by atoms with van der Waals surface area (Å²) in [6.07, 6.45) is 1.30. The van der Waals surface area contributed by atoms with Crippen LogP contribution in [-0.2, 0) is 20.7 Å². The van der Waals surface area contributed by atoms with Gasteiger partial charge in [-0.2, -0.15) is 0 Å². The zero-order valence-corrected chi connectivity index (χ0v) is 17.6. The molecule has 154 valence electrons. The molecule has 3 amide bonds. The van der Waals surface area contributed by atoms with Gasteiger partial charge in [-0.25, -0.2) is 14.8 Å². The molecule has 0 spiro atoms. The minimum absolute atomic E-state index is 0.0808. The maximum Gasteiger partial charge on any atom is 0.325 e. The van der Waals surface area contributed by atoms with Gasteiger partial charge in [-0.05, 0) is 51.1 Å². The van der Waals surface area contributed by atoms with E-state index in [9.17, 15) is 14.4 Å². The van der Waals surface area contributed by atoms with Gasteiger partial charge in [0.25, 0.3) is 5.91 Å². The van der Waals surface area contributed by atoms with Crippen molar-refractivity contribution in [2.45, 2.75) is 44.9 Å². The molecule has 0 saturated heterocycles. The molecule has 0 bridgehead atoms. The molecule has 1 aromatic carbocycles. The van der Waals surface area contributed by atoms with Crippen LogP contribution in [0, 0.1) is 13.8 Å². The number of urea groups is 1. The number of para-hydroxylation sites is 1. The molecule has 0 radical (unpaired) electrons. The molecule has 2 aromatic rings. The minimum atomic E-state index is -1.10. The van der Waals surface area contributed by atoms with Crippen LogP contribution in [0.15, 0.2) is 35.5 Å². The molecule has 2 N–H and O–H groups in total. The van der Waals surface area contributed by atoms with Crippen molar-refractivity contribution in [1.82, 2.24) is 15.3 Å². The third-order valence-electron chi connectivity index (χ3n) is 4.11. The highest BCUT2D eigenvalue weighted by atomic mass is 32.2. The average Bonchev–Trinajstić information content (AvgIpc) is 2.67. The molecular formula is C20H24N4O4S. The Bertz CT molecular complexity index is 866. The smallest absolute Gasteiger partial charge is 0.325 e. The van der Waals surface area contributed by atoms with E-state index in [4.69, 9.17) is 4.74 Å². The lowest BCUT2D eigenvalue weighted by Crippen LogP contribution is -2.41. The summed E-state index contributed by atoms with van der Waals surface area (Å²) in [5.41, 5.74) is 3.07. The van der Waals surface area contributed by atoms with Crippen LogP contribution in [0.4, 0.5) is 10.5 Å². The Balaban J connectivity index is 1.82. The number of aryl methyl sites for hydroxylation is 2. The second-order valence-electron chi connectivity index (χ2n) is 6.30. The summed E-state index contributed by atoms with van der Waals surface area (Å²) in [4.78, 5) is 44.8. The van der Waals surface area contributed by atoms with Gasteiger partial charge in [-0.15, -0.1) is 0 Å². The molecule has 9 heteroatoms. The van der Waals surface area contributed by atoms with E-state index in [0.29, 0.717) is 17.3 Å². The first-order valence-electron chi connectivity index (χ1n) is 9.04. The number of carbonyl (C=O) groups excluding carboxylic acids is 3. The summed E-state index contributed by atoms with van der Waals surface area (Å²) >= 11 is 1.46. The first-order chi connectivity index (χ1) is 13.8. The van der Waals surface area contributed by atoms with Crippen molar-refractivity contribution >= 4 is 35.4 Å². The highest BCUT2D eigenvalue weighted by molar-refractivity contribution is 7.98. The number of nitrogens with one attached hydrogen (secondary N) is 2. The number of ether oxygens (including phenoxy) is 1. The van der Waals surface area contributed by atoms with E-state index in [-0.39, 0.29) is 6.42 Å². The van der Waals surface area contributed by atoms with E-state index in [1.165, 1.54) is 18.7 Å². The molecule has 0 aliphatic carbocycles. The van der Waals surface area contributed by atoms with Crippen LogP contribution in [0.5, 0.6) is 0 Å². The quantitative estimate of drug-likeness (QED) is 0.405. The largest absolute Gasteiger partial charge is 0.453 e. The van der Waals surface area contributed by atoms with Crippen molar-refractivity contribution in [3.63, 3.8) is 0 Å². The topological polar surface area (TPSA) is 110 Å². The molecule has 2 rings (SSSR count). The number of aromatic nitrogens is 2. The van der Waals surface area contributed by atoms with Crippen molar-refractivity contribution in [2.75, 3.05) is 11.6 Å². The maximum atomic E-state index is 12.1. The highest BCUT2D eigenvalue weighted by Gasteiger charge is 2.20. The molecule has 1 heterocycles. The molecule has 0 aliphatic heterocycles. The van der Waals surface area contributed by atoms with Crippen LogP contribution in [0.1, 0.15) is 30.3 Å². The highest BCUT2D eigenvalue weighted by Crippen LogP contribution is 2.17. The lowest BCUT2D eigenvalue weighted by Gasteiger charge is -2.14. The lowest BCUT2D eigenvalue weighted by atomic mass is 10.1. The summed E-state index contributed by atoms with van der Waals surface area (Å²) in [6, 6.07) is 8.00. The van der Waals surface area contributed by atoms with Gasteiger partial charge in [-0.1, -0.05) is 30.0 Å². The van der Waals surface area contributed by atoms with Crippen molar-refractivity contribution < 1.29 is 19.1 Å². The number of rotatable bonds is 7. The predicted octanol–water partition coefficient (Wildman–Crippen LogP) is 3.03. The van der Waals surface area contributed by atoms with E-state index in [1.807, 2.05) is 26.2 Å². The number of imide groups is 1. The van der Waals surface area contributed by atoms with E-state index in [2.05, 4.69) is 20.6 Å². The van der Waals surface area contributed by atoms with E-state index < -0.39 is 24.0 Å². The van der Waals surface area contributed by atoms with Gasteiger partial charge in [0, 0.05) is 23.5 Å². The molecule has 1 atom stereocenters. The summed E-state index contributed by atoms with van der Waals surface area (Å²) in [5.74, 6) is -1.24. The van der Waals surface area contributed by atoms with Crippen molar-refractivity contribution in [1.29, 1.82) is 0 Å². The maximum absolute atomic E-state index is 12.1. The number of hydrogen-bond donors (Lipinski definition) is 2.